The van der Waals surface area contributed by atoms with Gasteiger partial charge in [-0.2, -0.15) is 0 Å². The molecule has 0 aromatic carbocycles. The second kappa shape index (κ2) is 8.67. The van der Waals surface area contributed by atoms with E-state index in [9.17, 15) is 0 Å². The highest BCUT2D eigenvalue weighted by Gasteiger charge is 2.27. The van der Waals surface area contributed by atoms with Crippen molar-refractivity contribution < 1.29 is 4.74 Å². The van der Waals surface area contributed by atoms with Crippen molar-refractivity contribution in [2.45, 2.75) is 45.7 Å². The Hall–Kier alpha value is -0.380. The number of methoxy groups -OCH3 is 1. The molecule has 0 fully saturated rings. The summed E-state index contributed by atoms with van der Waals surface area (Å²) in [4.78, 5) is 2.44. The lowest BCUT2D eigenvalue weighted by Gasteiger charge is -2.41. The summed E-state index contributed by atoms with van der Waals surface area (Å²) in [6, 6.07) is 0.393. The molecule has 0 bridgehead atoms. The average Bonchev–Trinajstić information content (AvgIpc) is 2.24. The van der Waals surface area contributed by atoms with E-state index in [1.807, 2.05) is 6.08 Å². The topological polar surface area (TPSA) is 24.5 Å². The molecule has 0 aliphatic carbocycles. The third-order valence-electron chi connectivity index (χ3n) is 2.79. The van der Waals surface area contributed by atoms with Gasteiger partial charge in [0.1, 0.15) is 0 Å². The smallest absolute Gasteiger partial charge is 0.0630 e. The monoisotopic (exact) mass is 242 g/mol. The molecule has 0 aromatic rings. The van der Waals surface area contributed by atoms with Crippen LogP contribution in [0.5, 0.6) is 0 Å². The maximum atomic E-state index is 5.34. The molecule has 3 nitrogen and oxygen atoms in total. The van der Waals surface area contributed by atoms with Crippen LogP contribution in [0.2, 0.25) is 0 Å². The van der Waals surface area contributed by atoms with E-state index in [4.69, 9.17) is 4.74 Å². The number of hydrogen-bond donors (Lipinski definition) is 1. The highest BCUT2D eigenvalue weighted by Crippen LogP contribution is 2.17. The lowest BCUT2D eigenvalue weighted by atomic mass is 10.0. The molecule has 102 valence electrons. The molecule has 17 heavy (non-hydrogen) atoms. The van der Waals surface area contributed by atoms with Crippen LogP contribution in [0.15, 0.2) is 12.7 Å². The Kier molecular flexibility index (Phi) is 8.48. The predicted molar refractivity (Wildman–Crippen MR) is 75.5 cm³/mol. The first-order chi connectivity index (χ1) is 7.97. The molecular weight excluding hydrogens is 212 g/mol. The van der Waals surface area contributed by atoms with Crippen LogP contribution >= 0.6 is 0 Å². The molecule has 0 spiro atoms. The molecule has 0 rings (SSSR count). The maximum absolute atomic E-state index is 5.34. The summed E-state index contributed by atoms with van der Waals surface area (Å²) >= 11 is 0. The van der Waals surface area contributed by atoms with E-state index < -0.39 is 0 Å². The zero-order chi connectivity index (χ0) is 13.3. The van der Waals surface area contributed by atoms with Crippen LogP contribution in [0.3, 0.4) is 0 Å². The van der Waals surface area contributed by atoms with Crippen LogP contribution < -0.4 is 5.32 Å². The second-order valence-electron chi connectivity index (χ2n) is 5.43. The highest BCUT2D eigenvalue weighted by molar-refractivity contribution is 4.89. The molecule has 0 aromatic heterocycles. The van der Waals surface area contributed by atoms with Gasteiger partial charge >= 0.3 is 0 Å². The molecule has 0 saturated heterocycles. The fraction of sp³-hybridized carbons (Fsp3) is 0.857. The van der Waals surface area contributed by atoms with Crippen molar-refractivity contribution in [2.24, 2.45) is 0 Å². The molecule has 0 aliphatic heterocycles. The first kappa shape index (κ1) is 16.6. The Morgan fingerprint density at radius 3 is 2.47 bits per heavy atom. The summed E-state index contributed by atoms with van der Waals surface area (Å²) in [6.45, 7) is 16.4. The van der Waals surface area contributed by atoms with Gasteiger partial charge in [-0.1, -0.05) is 13.0 Å². The van der Waals surface area contributed by atoms with Gasteiger partial charge in [0.25, 0.3) is 0 Å². The van der Waals surface area contributed by atoms with Gasteiger partial charge < -0.3 is 10.1 Å². The Bertz CT molecular complexity index is 199. The molecule has 1 N–H and O–H groups in total. The standard InChI is InChI=1S/C14H30N2O/c1-7-9-15-11-13(12-17-6)16(10-8-2)14(3,4)5/h8,13,15H,2,7,9-12H2,1,3-6H3. The Labute approximate surface area is 107 Å². The SMILES string of the molecule is C=CCN(C(CNCCC)COC)C(C)(C)C. The zero-order valence-electron chi connectivity index (χ0n) is 12.3. The quantitative estimate of drug-likeness (QED) is 0.496. The number of rotatable bonds is 9. The van der Waals surface area contributed by atoms with Gasteiger partial charge in [-0.05, 0) is 33.7 Å². The maximum Gasteiger partial charge on any atom is 0.0630 e. The van der Waals surface area contributed by atoms with Gasteiger partial charge in [0.2, 0.25) is 0 Å². The van der Waals surface area contributed by atoms with Crippen molar-refractivity contribution >= 4 is 0 Å². The van der Waals surface area contributed by atoms with Gasteiger partial charge in [0, 0.05) is 31.8 Å². The van der Waals surface area contributed by atoms with E-state index in [1.165, 1.54) is 0 Å². The molecule has 0 heterocycles. The van der Waals surface area contributed by atoms with Crippen LogP contribution in [0.25, 0.3) is 0 Å². The third kappa shape index (κ3) is 6.81. The van der Waals surface area contributed by atoms with Gasteiger partial charge in [0.05, 0.1) is 6.61 Å². The van der Waals surface area contributed by atoms with Crippen molar-refractivity contribution in [3.8, 4) is 0 Å². The van der Waals surface area contributed by atoms with Crippen LogP contribution in [0.1, 0.15) is 34.1 Å². The van der Waals surface area contributed by atoms with E-state index in [0.717, 1.165) is 32.7 Å². The van der Waals surface area contributed by atoms with E-state index in [0.29, 0.717) is 6.04 Å². The van der Waals surface area contributed by atoms with Gasteiger partial charge in [-0.25, -0.2) is 0 Å². The first-order valence-electron chi connectivity index (χ1n) is 6.54. The van der Waals surface area contributed by atoms with E-state index in [-0.39, 0.29) is 5.54 Å². The van der Waals surface area contributed by atoms with Crippen molar-refractivity contribution in [1.82, 2.24) is 10.2 Å². The summed E-state index contributed by atoms with van der Waals surface area (Å²) in [5.74, 6) is 0. The van der Waals surface area contributed by atoms with Gasteiger partial charge in [0.15, 0.2) is 0 Å². The summed E-state index contributed by atoms with van der Waals surface area (Å²) in [6.07, 6.45) is 3.13. The molecule has 1 atom stereocenters. The normalized spacial score (nSPS) is 14.0. The first-order valence-corrected chi connectivity index (χ1v) is 6.54. The Morgan fingerprint density at radius 1 is 1.41 bits per heavy atom. The van der Waals surface area contributed by atoms with Crippen molar-refractivity contribution in [3.63, 3.8) is 0 Å². The second-order valence-corrected chi connectivity index (χ2v) is 5.43. The molecule has 1 unspecified atom stereocenters. The number of nitrogens with zero attached hydrogens (tertiary/aromatic N) is 1. The Balaban J connectivity index is 4.52. The molecular formula is C14H30N2O. The van der Waals surface area contributed by atoms with E-state index in [1.54, 1.807) is 7.11 Å². The average molecular weight is 242 g/mol. The largest absolute Gasteiger partial charge is 0.383 e. The van der Waals surface area contributed by atoms with Crippen LogP contribution in [0.4, 0.5) is 0 Å². The van der Waals surface area contributed by atoms with Crippen LogP contribution in [-0.2, 0) is 4.74 Å². The van der Waals surface area contributed by atoms with Gasteiger partial charge in [-0.3, -0.25) is 4.90 Å². The van der Waals surface area contributed by atoms with Crippen LogP contribution in [0, 0.1) is 0 Å². The van der Waals surface area contributed by atoms with Crippen LogP contribution in [-0.4, -0.2) is 49.8 Å². The fourth-order valence-corrected chi connectivity index (χ4v) is 2.01. The number of ether oxygens (including phenoxy) is 1. The van der Waals surface area contributed by atoms with Crippen molar-refractivity contribution in [3.05, 3.63) is 12.7 Å². The number of nitrogens with one attached hydrogen (secondary N) is 1. The molecule has 0 saturated carbocycles. The molecule has 0 radical (unpaired) electrons. The molecule has 0 aliphatic rings. The minimum Gasteiger partial charge on any atom is -0.383 e. The minimum absolute atomic E-state index is 0.130. The predicted octanol–water partition coefficient (Wildman–Crippen LogP) is 2.29. The lowest BCUT2D eigenvalue weighted by Crippen LogP contribution is -2.53. The van der Waals surface area contributed by atoms with E-state index in [2.05, 4.69) is 44.5 Å². The zero-order valence-corrected chi connectivity index (χ0v) is 12.3. The molecule has 0 amide bonds. The number of hydrogen-bond acceptors (Lipinski definition) is 3. The van der Waals surface area contributed by atoms with Crippen molar-refractivity contribution in [2.75, 3.05) is 33.4 Å². The summed E-state index contributed by atoms with van der Waals surface area (Å²) in [5, 5.41) is 3.47. The van der Waals surface area contributed by atoms with Crippen molar-refractivity contribution in [1.29, 1.82) is 0 Å². The van der Waals surface area contributed by atoms with E-state index >= 15 is 0 Å². The highest BCUT2D eigenvalue weighted by atomic mass is 16.5. The lowest BCUT2D eigenvalue weighted by molar-refractivity contribution is 0.0401. The fourth-order valence-electron chi connectivity index (χ4n) is 2.01. The summed E-state index contributed by atoms with van der Waals surface area (Å²) in [7, 11) is 1.77. The van der Waals surface area contributed by atoms with Gasteiger partial charge in [-0.15, -0.1) is 6.58 Å². The Morgan fingerprint density at radius 2 is 2.06 bits per heavy atom. The minimum atomic E-state index is 0.130. The summed E-state index contributed by atoms with van der Waals surface area (Å²) in [5.41, 5.74) is 0.130. The molecule has 3 heteroatoms. The summed E-state index contributed by atoms with van der Waals surface area (Å²) < 4.78 is 5.34. The third-order valence-corrected chi connectivity index (χ3v) is 2.79.